The van der Waals surface area contributed by atoms with Crippen LogP contribution in [0.3, 0.4) is 0 Å². The van der Waals surface area contributed by atoms with Gasteiger partial charge in [-0.05, 0) is 48.8 Å². The van der Waals surface area contributed by atoms with Crippen molar-refractivity contribution in [3.05, 3.63) is 34.9 Å². The first-order chi connectivity index (χ1) is 9.81. The molecule has 0 atom stereocenters. The van der Waals surface area contributed by atoms with Gasteiger partial charge in [-0.3, -0.25) is 4.79 Å². The molecule has 20 heavy (non-hydrogen) atoms. The molecule has 0 heterocycles. The van der Waals surface area contributed by atoms with E-state index in [0.717, 1.165) is 12.8 Å². The Labute approximate surface area is 122 Å². The second kappa shape index (κ2) is 6.43. The van der Waals surface area contributed by atoms with Crippen molar-refractivity contribution in [3.63, 3.8) is 0 Å². The number of nitrogens with one attached hydrogen (secondary N) is 1. The predicted molar refractivity (Wildman–Crippen MR) is 81.8 cm³/mol. The average Bonchev–Trinajstić information content (AvgIpc) is 2.75. The van der Waals surface area contributed by atoms with E-state index in [1.807, 2.05) is 0 Å². The van der Waals surface area contributed by atoms with Crippen LogP contribution in [0, 0.1) is 0 Å². The smallest absolute Gasteiger partial charge is 0.224 e. The Morgan fingerprint density at radius 1 is 1.00 bits per heavy atom. The Morgan fingerprint density at radius 2 is 1.75 bits per heavy atom. The molecule has 108 valence electrons. The van der Waals surface area contributed by atoms with Gasteiger partial charge in [0, 0.05) is 6.04 Å². The Morgan fingerprint density at radius 3 is 2.55 bits per heavy atom. The molecule has 0 aromatic heterocycles. The van der Waals surface area contributed by atoms with Crippen LogP contribution in [0.2, 0.25) is 0 Å². The molecule has 1 saturated carbocycles. The van der Waals surface area contributed by atoms with Crippen molar-refractivity contribution in [1.29, 1.82) is 0 Å². The maximum Gasteiger partial charge on any atom is 0.224 e. The lowest BCUT2D eigenvalue weighted by atomic mass is 10.0. The molecule has 2 nitrogen and oxygen atoms in total. The minimum absolute atomic E-state index is 0.204. The molecule has 0 bridgehead atoms. The molecule has 0 unspecified atom stereocenters. The van der Waals surface area contributed by atoms with Crippen LogP contribution in [0.25, 0.3) is 0 Å². The summed E-state index contributed by atoms with van der Waals surface area (Å²) in [6, 6.07) is 7.02. The van der Waals surface area contributed by atoms with Gasteiger partial charge >= 0.3 is 0 Å². The highest BCUT2D eigenvalue weighted by Crippen LogP contribution is 2.23. The lowest BCUT2D eigenvalue weighted by Gasteiger charge is -2.16. The Kier molecular flexibility index (Phi) is 4.39. The first-order valence-corrected chi connectivity index (χ1v) is 8.21. The van der Waals surface area contributed by atoms with Gasteiger partial charge in [0.15, 0.2) is 0 Å². The zero-order valence-electron chi connectivity index (χ0n) is 12.3. The third-order valence-corrected chi connectivity index (χ3v) is 4.75. The van der Waals surface area contributed by atoms with E-state index in [1.54, 1.807) is 0 Å². The van der Waals surface area contributed by atoms with Crippen molar-refractivity contribution < 1.29 is 4.79 Å². The lowest BCUT2D eigenvalue weighted by molar-refractivity contribution is -0.121. The van der Waals surface area contributed by atoms with Crippen LogP contribution in [-0.4, -0.2) is 11.9 Å². The highest BCUT2D eigenvalue weighted by Gasteiger charge is 2.16. The Hall–Kier alpha value is -1.31. The fourth-order valence-corrected chi connectivity index (χ4v) is 3.62. The highest BCUT2D eigenvalue weighted by atomic mass is 16.1. The van der Waals surface area contributed by atoms with Crippen LogP contribution in [0.5, 0.6) is 0 Å². The molecule has 0 spiro atoms. The molecule has 1 amide bonds. The second-order valence-electron chi connectivity index (χ2n) is 6.39. The third kappa shape index (κ3) is 3.41. The van der Waals surface area contributed by atoms with E-state index in [4.69, 9.17) is 0 Å². The maximum atomic E-state index is 12.2. The molecule has 0 aliphatic heterocycles. The van der Waals surface area contributed by atoms with Crippen LogP contribution in [0.1, 0.15) is 61.6 Å². The lowest BCUT2D eigenvalue weighted by Crippen LogP contribution is -2.35. The number of hydrogen-bond acceptors (Lipinski definition) is 1. The molecular weight excluding hydrogens is 246 g/mol. The van der Waals surface area contributed by atoms with E-state index in [1.165, 1.54) is 61.6 Å². The van der Waals surface area contributed by atoms with Crippen LogP contribution in [0.4, 0.5) is 0 Å². The number of hydrogen-bond donors (Lipinski definition) is 1. The number of carbonyl (C=O) groups is 1. The number of aryl methyl sites for hydroxylation is 2. The maximum absolute atomic E-state index is 12.2. The van der Waals surface area contributed by atoms with Gasteiger partial charge in [-0.25, -0.2) is 0 Å². The Bertz CT molecular complexity index is 472. The summed E-state index contributed by atoms with van der Waals surface area (Å²) in [5.74, 6) is 0.204. The topological polar surface area (TPSA) is 29.1 Å². The van der Waals surface area contributed by atoms with Crippen LogP contribution in [0.15, 0.2) is 18.2 Å². The predicted octanol–water partition coefficient (Wildman–Crippen LogP) is 3.56. The van der Waals surface area contributed by atoms with Crippen LogP contribution < -0.4 is 5.32 Å². The zero-order chi connectivity index (χ0) is 13.8. The van der Waals surface area contributed by atoms with Gasteiger partial charge in [-0.1, -0.05) is 43.9 Å². The minimum Gasteiger partial charge on any atom is -0.353 e. The number of fused-ring (bicyclic) bond motifs is 1. The van der Waals surface area contributed by atoms with Crippen molar-refractivity contribution in [2.45, 2.75) is 70.3 Å². The standard InChI is InChI=1S/C18H25NO/c20-18(19-17-8-3-1-2-4-9-17)13-14-10-11-15-6-5-7-16(15)12-14/h10-12,17H,1-9,13H2,(H,19,20). The molecule has 2 heteroatoms. The Balaban J connectivity index is 1.55. The first-order valence-electron chi connectivity index (χ1n) is 8.21. The largest absolute Gasteiger partial charge is 0.353 e. The van der Waals surface area contributed by atoms with Gasteiger partial charge in [0.05, 0.1) is 6.42 Å². The summed E-state index contributed by atoms with van der Waals surface area (Å²) >= 11 is 0. The molecule has 0 radical (unpaired) electrons. The summed E-state index contributed by atoms with van der Waals surface area (Å²) in [6.07, 6.45) is 11.7. The third-order valence-electron chi connectivity index (χ3n) is 4.75. The molecule has 1 fully saturated rings. The first kappa shape index (κ1) is 13.7. The molecule has 1 N–H and O–H groups in total. The van der Waals surface area contributed by atoms with Gasteiger partial charge in [0.2, 0.25) is 5.91 Å². The van der Waals surface area contributed by atoms with E-state index in [9.17, 15) is 4.79 Å². The summed E-state index contributed by atoms with van der Waals surface area (Å²) in [4.78, 5) is 12.2. The summed E-state index contributed by atoms with van der Waals surface area (Å²) < 4.78 is 0. The SMILES string of the molecule is O=C(Cc1ccc2c(c1)CCC2)NC1CCCCCC1. The zero-order valence-corrected chi connectivity index (χ0v) is 12.3. The van der Waals surface area contributed by atoms with Gasteiger partial charge < -0.3 is 5.32 Å². The molecular formula is C18H25NO. The molecule has 2 aliphatic carbocycles. The fourth-order valence-electron chi connectivity index (χ4n) is 3.62. The summed E-state index contributed by atoms with van der Waals surface area (Å²) in [5, 5.41) is 3.24. The van der Waals surface area contributed by atoms with Crippen molar-refractivity contribution in [2.75, 3.05) is 0 Å². The molecule has 2 aliphatic rings. The van der Waals surface area contributed by atoms with E-state index >= 15 is 0 Å². The van der Waals surface area contributed by atoms with Crippen molar-refractivity contribution in [1.82, 2.24) is 5.32 Å². The van der Waals surface area contributed by atoms with Gasteiger partial charge in [0.25, 0.3) is 0 Å². The second-order valence-corrected chi connectivity index (χ2v) is 6.39. The molecule has 0 saturated heterocycles. The summed E-state index contributed by atoms with van der Waals surface area (Å²) in [6.45, 7) is 0. The average molecular weight is 271 g/mol. The monoisotopic (exact) mass is 271 g/mol. The number of benzene rings is 1. The van der Waals surface area contributed by atoms with E-state index in [2.05, 4.69) is 23.5 Å². The fraction of sp³-hybridized carbons (Fsp3) is 0.611. The number of carbonyl (C=O) groups excluding carboxylic acids is 1. The number of rotatable bonds is 3. The minimum atomic E-state index is 0.204. The highest BCUT2D eigenvalue weighted by molar-refractivity contribution is 5.79. The van der Waals surface area contributed by atoms with Crippen LogP contribution in [-0.2, 0) is 24.1 Å². The summed E-state index contributed by atoms with van der Waals surface area (Å²) in [5.41, 5.74) is 4.12. The normalized spacial score (nSPS) is 19.4. The number of amides is 1. The summed E-state index contributed by atoms with van der Waals surface area (Å²) in [7, 11) is 0. The quantitative estimate of drug-likeness (QED) is 0.837. The van der Waals surface area contributed by atoms with Gasteiger partial charge in [-0.2, -0.15) is 0 Å². The van der Waals surface area contributed by atoms with Crippen molar-refractivity contribution in [3.8, 4) is 0 Å². The van der Waals surface area contributed by atoms with Gasteiger partial charge in [0.1, 0.15) is 0 Å². The van der Waals surface area contributed by atoms with Crippen molar-refractivity contribution >= 4 is 5.91 Å². The van der Waals surface area contributed by atoms with E-state index in [-0.39, 0.29) is 5.91 Å². The molecule has 3 rings (SSSR count). The van der Waals surface area contributed by atoms with Crippen LogP contribution >= 0.6 is 0 Å². The molecule has 1 aromatic carbocycles. The van der Waals surface area contributed by atoms with Crippen molar-refractivity contribution in [2.24, 2.45) is 0 Å². The van der Waals surface area contributed by atoms with Gasteiger partial charge in [-0.15, -0.1) is 0 Å². The van der Waals surface area contributed by atoms with E-state index < -0.39 is 0 Å². The molecule has 1 aromatic rings. The van der Waals surface area contributed by atoms with E-state index in [0.29, 0.717) is 12.5 Å².